The summed E-state index contributed by atoms with van der Waals surface area (Å²) in [5.74, 6) is -1.45. The van der Waals surface area contributed by atoms with Gasteiger partial charge in [-0.05, 0) is 40.2 Å². The lowest BCUT2D eigenvalue weighted by atomic mass is 10.2. The van der Waals surface area contributed by atoms with Crippen LogP contribution in [-0.4, -0.2) is 10.8 Å². The number of nitrogens with one attached hydrogen (secondary N) is 1. The van der Waals surface area contributed by atoms with E-state index in [1.54, 1.807) is 6.07 Å². The van der Waals surface area contributed by atoms with Crippen LogP contribution in [0.5, 0.6) is 0 Å². The van der Waals surface area contributed by atoms with Gasteiger partial charge in [-0.1, -0.05) is 0 Å². The summed E-state index contributed by atoms with van der Waals surface area (Å²) >= 11 is 3.20. The molecule has 0 fully saturated rings. The van der Waals surface area contributed by atoms with Crippen LogP contribution in [-0.2, 0) is 0 Å². The molecule has 0 aliphatic carbocycles. The average Bonchev–Trinajstić information content (AvgIpc) is 2.43. The Labute approximate surface area is 127 Å². The molecule has 0 aliphatic heterocycles. The lowest BCUT2D eigenvalue weighted by Crippen LogP contribution is -2.13. The molecule has 2 aromatic rings. The molecule has 0 aromatic heterocycles. The van der Waals surface area contributed by atoms with E-state index in [4.69, 9.17) is 5.73 Å². The third-order valence-corrected chi connectivity index (χ3v) is 3.39. The number of nitrogens with zero attached hydrogens (tertiary/aromatic N) is 1. The molecule has 2 rings (SSSR count). The van der Waals surface area contributed by atoms with Gasteiger partial charge < -0.3 is 11.1 Å². The van der Waals surface area contributed by atoms with Crippen LogP contribution < -0.4 is 11.1 Å². The van der Waals surface area contributed by atoms with E-state index in [1.807, 2.05) is 0 Å². The Morgan fingerprint density at radius 2 is 2.00 bits per heavy atom. The first kappa shape index (κ1) is 14.9. The molecule has 0 bridgehead atoms. The number of rotatable bonds is 3. The number of hydrogen-bond acceptors (Lipinski definition) is 4. The van der Waals surface area contributed by atoms with Crippen molar-refractivity contribution in [3.8, 4) is 0 Å². The summed E-state index contributed by atoms with van der Waals surface area (Å²) in [6.07, 6.45) is 0. The minimum absolute atomic E-state index is 0.146. The Kier molecular flexibility index (Phi) is 4.18. The second-order valence-electron chi connectivity index (χ2n) is 4.11. The predicted octanol–water partition coefficient (Wildman–Crippen LogP) is 3.33. The standard InChI is InChI=1S/C13H9BrFN3O3/c14-9-3-1-7(5-11(9)16)13(19)17-12-4-2-8(18(20)21)6-10(12)15/h1-6H,16H2,(H,17,19). The number of nitro groups is 1. The fraction of sp³-hybridized carbons (Fsp3) is 0. The Hall–Kier alpha value is -2.48. The van der Waals surface area contributed by atoms with Gasteiger partial charge in [0.2, 0.25) is 0 Å². The third-order valence-electron chi connectivity index (χ3n) is 2.67. The number of nitro benzene ring substituents is 1. The van der Waals surface area contributed by atoms with E-state index in [2.05, 4.69) is 21.2 Å². The number of hydrogen-bond donors (Lipinski definition) is 2. The molecule has 0 saturated heterocycles. The molecule has 3 N–H and O–H groups in total. The maximum atomic E-state index is 13.7. The SMILES string of the molecule is Nc1cc(C(=O)Nc2ccc([N+](=O)[O-])cc2F)ccc1Br. The van der Waals surface area contributed by atoms with Crippen molar-refractivity contribution in [1.82, 2.24) is 0 Å². The second-order valence-corrected chi connectivity index (χ2v) is 4.97. The first-order valence-corrected chi connectivity index (χ1v) is 6.48. The van der Waals surface area contributed by atoms with Crippen molar-refractivity contribution in [3.63, 3.8) is 0 Å². The van der Waals surface area contributed by atoms with Crippen LogP contribution in [0.1, 0.15) is 10.4 Å². The van der Waals surface area contributed by atoms with E-state index < -0.39 is 22.3 Å². The topological polar surface area (TPSA) is 98.3 Å². The van der Waals surface area contributed by atoms with Gasteiger partial charge in [0.1, 0.15) is 0 Å². The van der Waals surface area contributed by atoms with E-state index in [1.165, 1.54) is 12.1 Å². The Balaban J connectivity index is 2.23. The number of carbonyl (C=O) groups is 1. The number of carbonyl (C=O) groups excluding carboxylic acids is 1. The van der Waals surface area contributed by atoms with Crippen LogP contribution in [0.25, 0.3) is 0 Å². The highest BCUT2D eigenvalue weighted by molar-refractivity contribution is 9.10. The van der Waals surface area contributed by atoms with Gasteiger partial charge in [0, 0.05) is 21.8 Å². The van der Waals surface area contributed by atoms with Crippen molar-refractivity contribution in [2.24, 2.45) is 0 Å². The number of halogens is 2. The van der Waals surface area contributed by atoms with Gasteiger partial charge in [-0.15, -0.1) is 0 Å². The van der Waals surface area contributed by atoms with Gasteiger partial charge >= 0.3 is 0 Å². The summed E-state index contributed by atoms with van der Waals surface area (Å²) in [7, 11) is 0. The monoisotopic (exact) mass is 353 g/mol. The van der Waals surface area contributed by atoms with Gasteiger partial charge in [-0.25, -0.2) is 4.39 Å². The molecule has 1 amide bonds. The van der Waals surface area contributed by atoms with Crippen molar-refractivity contribution < 1.29 is 14.1 Å². The summed E-state index contributed by atoms with van der Waals surface area (Å²) in [5, 5.41) is 12.8. The van der Waals surface area contributed by atoms with Crippen molar-refractivity contribution in [1.29, 1.82) is 0 Å². The fourth-order valence-corrected chi connectivity index (χ4v) is 1.85. The highest BCUT2D eigenvalue weighted by Gasteiger charge is 2.14. The molecular formula is C13H9BrFN3O3. The summed E-state index contributed by atoms with van der Waals surface area (Å²) in [6, 6.07) is 7.52. The van der Waals surface area contributed by atoms with Gasteiger partial charge in [0.25, 0.3) is 11.6 Å². The molecule has 6 nitrogen and oxygen atoms in total. The van der Waals surface area contributed by atoms with E-state index >= 15 is 0 Å². The van der Waals surface area contributed by atoms with Crippen LogP contribution in [0, 0.1) is 15.9 Å². The summed E-state index contributed by atoms with van der Waals surface area (Å²) in [6.45, 7) is 0. The van der Waals surface area contributed by atoms with Crippen molar-refractivity contribution in [2.75, 3.05) is 11.1 Å². The highest BCUT2D eigenvalue weighted by atomic mass is 79.9. The molecular weight excluding hydrogens is 345 g/mol. The molecule has 108 valence electrons. The Morgan fingerprint density at radius 1 is 1.29 bits per heavy atom. The minimum Gasteiger partial charge on any atom is -0.398 e. The minimum atomic E-state index is -0.886. The van der Waals surface area contributed by atoms with E-state index in [0.29, 0.717) is 10.2 Å². The number of amides is 1. The summed E-state index contributed by atoms with van der Waals surface area (Å²) < 4.78 is 14.3. The lowest BCUT2D eigenvalue weighted by molar-refractivity contribution is -0.385. The quantitative estimate of drug-likeness (QED) is 0.502. The Morgan fingerprint density at radius 3 is 2.57 bits per heavy atom. The van der Waals surface area contributed by atoms with E-state index in [-0.39, 0.29) is 11.3 Å². The van der Waals surface area contributed by atoms with Crippen LogP contribution in [0.2, 0.25) is 0 Å². The average molecular weight is 354 g/mol. The molecule has 0 unspecified atom stereocenters. The summed E-state index contributed by atoms with van der Waals surface area (Å²) in [5.41, 5.74) is 5.73. The second kappa shape index (κ2) is 5.88. The Bertz CT molecular complexity index is 737. The molecule has 0 aliphatic rings. The maximum absolute atomic E-state index is 13.7. The molecule has 0 saturated carbocycles. The molecule has 0 atom stereocenters. The first-order valence-electron chi connectivity index (χ1n) is 5.69. The van der Waals surface area contributed by atoms with Crippen molar-refractivity contribution in [2.45, 2.75) is 0 Å². The zero-order valence-electron chi connectivity index (χ0n) is 10.5. The normalized spacial score (nSPS) is 10.2. The van der Waals surface area contributed by atoms with Crippen LogP contribution in [0.4, 0.5) is 21.5 Å². The van der Waals surface area contributed by atoms with Crippen molar-refractivity contribution >= 4 is 38.9 Å². The maximum Gasteiger partial charge on any atom is 0.272 e. The number of non-ortho nitro benzene ring substituents is 1. The van der Waals surface area contributed by atoms with E-state index in [0.717, 1.165) is 18.2 Å². The number of nitrogens with two attached hydrogens (primary N) is 1. The van der Waals surface area contributed by atoms with Crippen molar-refractivity contribution in [3.05, 3.63) is 62.4 Å². The van der Waals surface area contributed by atoms with Gasteiger partial charge in [0.15, 0.2) is 5.82 Å². The molecule has 8 heteroatoms. The van der Waals surface area contributed by atoms with Crippen LogP contribution in [0.15, 0.2) is 40.9 Å². The number of benzene rings is 2. The highest BCUT2D eigenvalue weighted by Crippen LogP contribution is 2.23. The van der Waals surface area contributed by atoms with Crippen LogP contribution >= 0.6 is 15.9 Å². The zero-order chi connectivity index (χ0) is 15.6. The van der Waals surface area contributed by atoms with Gasteiger partial charge in [-0.2, -0.15) is 0 Å². The molecule has 0 heterocycles. The fourth-order valence-electron chi connectivity index (χ4n) is 1.60. The largest absolute Gasteiger partial charge is 0.398 e. The summed E-state index contributed by atoms with van der Waals surface area (Å²) in [4.78, 5) is 21.8. The number of anilines is 2. The first-order chi connectivity index (χ1) is 9.88. The van der Waals surface area contributed by atoms with E-state index in [9.17, 15) is 19.3 Å². The molecule has 2 aromatic carbocycles. The molecule has 0 spiro atoms. The lowest BCUT2D eigenvalue weighted by Gasteiger charge is -2.07. The molecule has 21 heavy (non-hydrogen) atoms. The number of nitrogen functional groups attached to an aromatic ring is 1. The molecule has 0 radical (unpaired) electrons. The third kappa shape index (κ3) is 3.34. The van der Waals surface area contributed by atoms with Gasteiger partial charge in [-0.3, -0.25) is 14.9 Å². The predicted molar refractivity (Wildman–Crippen MR) is 79.6 cm³/mol. The van der Waals surface area contributed by atoms with Crippen LogP contribution in [0.3, 0.4) is 0 Å². The smallest absolute Gasteiger partial charge is 0.272 e. The van der Waals surface area contributed by atoms with Gasteiger partial charge in [0.05, 0.1) is 16.7 Å². The zero-order valence-corrected chi connectivity index (χ0v) is 12.1.